The number of carbonyl (C=O) groups excluding carboxylic acids is 3. The summed E-state index contributed by atoms with van der Waals surface area (Å²) in [5.74, 6) is -1.48. The predicted octanol–water partition coefficient (Wildman–Crippen LogP) is 3.90. The van der Waals surface area contributed by atoms with Crippen molar-refractivity contribution in [1.82, 2.24) is 0 Å². The number of ketones is 1. The minimum atomic E-state index is -4.45. The van der Waals surface area contributed by atoms with Crippen LogP contribution in [0.5, 0.6) is 0 Å². The van der Waals surface area contributed by atoms with E-state index in [2.05, 4.69) is 5.32 Å². The topological polar surface area (TPSA) is 66.5 Å². The summed E-state index contributed by atoms with van der Waals surface area (Å²) in [4.78, 5) is 37.7. The van der Waals surface area contributed by atoms with Crippen molar-refractivity contribution < 1.29 is 27.6 Å². The lowest BCUT2D eigenvalue weighted by atomic mass is 10.1. The van der Waals surface area contributed by atoms with Gasteiger partial charge in [-0.15, -0.1) is 0 Å². The molecule has 0 spiro atoms. The molecular weight excluding hydrogens is 373 g/mol. The molecule has 1 atom stereocenters. The number of amides is 2. The van der Waals surface area contributed by atoms with Gasteiger partial charge in [-0.2, -0.15) is 13.2 Å². The van der Waals surface area contributed by atoms with Gasteiger partial charge in [0, 0.05) is 29.9 Å². The zero-order chi connectivity index (χ0) is 20.5. The molecule has 1 unspecified atom stereocenters. The largest absolute Gasteiger partial charge is 0.416 e. The van der Waals surface area contributed by atoms with Crippen LogP contribution in [0.2, 0.25) is 0 Å². The summed E-state index contributed by atoms with van der Waals surface area (Å²) in [6.07, 6.45) is -4.47. The van der Waals surface area contributed by atoms with E-state index in [1.807, 2.05) is 0 Å². The Bertz CT molecular complexity index is 923. The van der Waals surface area contributed by atoms with Crippen molar-refractivity contribution in [2.75, 3.05) is 16.8 Å². The van der Waals surface area contributed by atoms with Gasteiger partial charge < -0.3 is 10.2 Å². The molecule has 1 heterocycles. The fourth-order valence-electron chi connectivity index (χ4n) is 3.01. The van der Waals surface area contributed by atoms with Crippen LogP contribution in [0.15, 0.2) is 48.5 Å². The van der Waals surface area contributed by atoms with Crippen molar-refractivity contribution >= 4 is 29.0 Å². The maximum absolute atomic E-state index is 12.6. The van der Waals surface area contributed by atoms with Crippen LogP contribution in [0.25, 0.3) is 0 Å². The monoisotopic (exact) mass is 390 g/mol. The molecule has 2 aromatic rings. The van der Waals surface area contributed by atoms with Crippen molar-refractivity contribution in [1.29, 1.82) is 0 Å². The second-order valence-electron chi connectivity index (χ2n) is 6.58. The highest BCUT2D eigenvalue weighted by Crippen LogP contribution is 2.30. The van der Waals surface area contributed by atoms with E-state index in [4.69, 9.17) is 0 Å². The molecular formula is C20H17F3N2O3. The highest BCUT2D eigenvalue weighted by atomic mass is 19.4. The van der Waals surface area contributed by atoms with Crippen LogP contribution < -0.4 is 10.2 Å². The van der Waals surface area contributed by atoms with E-state index in [-0.39, 0.29) is 30.3 Å². The molecule has 3 rings (SSSR count). The summed E-state index contributed by atoms with van der Waals surface area (Å²) < 4.78 is 37.8. The van der Waals surface area contributed by atoms with Crippen molar-refractivity contribution in [3.8, 4) is 0 Å². The second kappa shape index (κ2) is 7.46. The zero-order valence-corrected chi connectivity index (χ0v) is 14.9. The van der Waals surface area contributed by atoms with E-state index >= 15 is 0 Å². The molecule has 2 amide bonds. The average molecular weight is 390 g/mol. The summed E-state index contributed by atoms with van der Waals surface area (Å²) in [5.41, 5.74) is 0.408. The SMILES string of the molecule is CC(=O)c1cccc(N2CC(C(=O)Nc3ccc(C(F)(F)F)cc3)CC2=O)c1. The van der Waals surface area contributed by atoms with Gasteiger partial charge >= 0.3 is 6.18 Å². The Kier molecular flexibility index (Phi) is 5.22. The first-order valence-corrected chi connectivity index (χ1v) is 8.54. The average Bonchev–Trinajstić information content (AvgIpc) is 3.03. The number of rotatable bonds is 4. The number of hydrogen-bond donors (Lipinski definition) is 1. The minimum Gasteiger partial charge on any atom is -0.326 e. The van der Waals surface area contributed by atoms with E-state index in [1.54, 1.807) is 24.3 Å². The van der Waals surface area contributed by atoms with Gasteiger partial charge in [-0.05, 0) is 43.3 Å². The standard InChI is InChI=1S/C20H17F3N2O3/c1-12(26)13-3-2-4-17(9-13)25-11-14(10-18(25)27)19(28)24-16-7-5-15(6-8-16)20(21,22)23/h2-9,14H,10-11H2,1H3,(H,24,28). The van der Waals surface area contributed by atoms with Crippen LogP contribution in [0.4, 0.5) is 24.5 Å². The smallest absolute Gasteiger partial charge is 0.326 e. The van der Waals surface area contributed by atoms with Crippen molar-refractivity contribution in [3.05, 3.63) is 59.7 Å². The Morgan fingerprint density at radius 3 is 2.39 bits per heavy atom. The van der Waals surface area contributed by atoms with Crippen LogP contribution in [-0.4, -0.2) is 24.1 Å². The number of alkyl halides is 3. The van der Waals surface area contributed by atoms with Crippen LogP contribution in [0, 0.1) is 5.92 Å². The molecule has 1 aliphatic rings. The molecule has 1 aliphatic heterocycles. The number of halogens is 3. The van der Waals surface area contributed by atoms with E-state index in [0.29, 0.717) is 11.3 Å². The van der Waals surface area contributed by atoms with Crippen molar-refractivity contribution in [3.63, 3.8) is 0 Å². The second-order valence-corrected chi connectivity index (χ2v) is 6.58. The van der Waals surface area contributed by atoms with Crippen molar-refractivity contribution in [2.24, 2.45) is 5.92 Å². The molecule has 0 bridgehead atoms. The predicted molar refractivity (Wildman–Crippen MR) is 97.0 cm³/mol. The van der Waals surface area contributed by atoms with E-state index < -0.39 is 23.6 Å². The fourth-order valence-corrected chi connectivity index (χ4v) is 3.01. The van der Waals surface area contributed by atoms with Crippen LogP contribution in [0.1, 0.15) is 29.3 Å². The number of benzene rings is 2. The van der Waals surface area contributed by atoms with Gasteiger partial charge in [-0.1, -0.05) is 12.1 Å². The lowest BCUT2D eigenvalue weighted by molar-refractivity contribution is -0.137. The fraction of sp³-hybridized carbons (Fsp3) is 0.250. The highest BCUT2D eigenvalue weighted by Gasteiger charge is 2.35. The molecule has 1 fully saturated rings. The maximum atomic E-state index is 12.6. The molecule has 0 saturated carbocycles. The molecule has 1 N–H and O–H groups in total. The Morgan fingerprint density at radius 2 is 1.79 bits per heavy atom. The first-order chi connectivity index (χ1) is 13.1. The van der Waals surface area contributed by atoms with Crippen molar-refractivity contribution in [2.45, 2.75) is 19.5 Å². The van der Waals surface area contributed by atoms with E-state index in [0.717, 1.165) is 12.1 Å². The Balaban J connectivity index is 1.68. The number of nitrogens with zero attached hydrogens (tertiary/aromatic N) is 1. The third-order valence-corrected chi connectivity index (χ3v) is 4.54. The first-order valence-electron chi connectivity index (χ1n) is 8.54. The van der Waals surface area contributed by atoms with Gasteiger partial charge in [0.2, 0.25) is 11.8 Å². The number of hydrogen-bond acceptors (Lipinski definition) is 3. The highest BCUT2D eigenvalue weighted by molar-refractivity contribution is 6.04. The Morgan fingerprint density at radius 1 is 1.11 bits per heavy atom. The molecule has 8 heteroatoms. The third kappa shape index (κ3) is 4.21. The zero-order valence-electron chi connectivity index (χ0n) is 14.9. The number of carbonyl (C=O) groups is 3. The summed E-state index contributed by atoms with van der Waals surface area (Å²) >= 11 is 0. The van der Waals surface area contributed by atoms with Crippen LogP contribution >= 0.6 is 0 Å². The van der Waals surface area contributed by atoms with Crippen LogP contribution in [0.3, 0.4) is 0 Å². The number of nitrogens with one attached hydrogen (secondary N) is 1. The molecule has 2 aromatic carbocycles. The Labute approximate surface area is 159 Å². The van der Waals surface area contributed by atoms with E-state index in [1.165, 1.54) is 24.0 Å². The first kappa shape index (κ1) is 19.6. The summed E-state index contributed by atoms with van der Waals surface area (Å²) in [5, 5.41) is 2.55. The summed E-state index contributed by atoms with van der Waals surface area (Å²) in [7, 11) is 0. The summed E-state index contributed by atoms with van der Waals surface area (Å²) in [6, 6.07) is 10.7. The molecule has 28 heavy (non-hydrogen) atoms. The normalized spacial score (nSPS) is 16.9. The van der Waals surface area contributed by atoms with Crippen LogP contribution in [-0.2, 0) is 15.8 Å². The minimum absolute atomic E-state index is 0.0171. The lowest BCUT2D eigenvalue weighted by Gasteiger charge is -2.17. The van der Waals surface area contributed by atoms with Gasteiger partial charge in [0.1, 0.15) is 0 Å². The van der Waals surface area contributed by atoms with Gasteiger partial charge in [0.05, 0.1) is 11.5 Å². The summed E-state index contributed by atoms with van der Waals surface area (Å²) in [6.45, 7) is 1.55. The molecule has 1 saturated heterocycles. The lowest BCUT2D eigenvalue weighted by Crippen LogP contribution is -2.28. The van der Waals surface area contributed by atoms with Gasteiger partial charge in [0.25, 0.3) is 0 Å². The Hall–Kier alpha value is -3.16. The molecule has 0 aromatic heterocycles. The van der Waals surface area contributed by atoms with E-state index in [9.17, 15) is 27.6 Å². The maximum Gasteiger partial charge on any atom is 0.416 e. The number of Topliss-reactive ketones (excluding diaryl/α,β-unsaturated/α-hetero) is 1. The molecule has 5 nitrogen and oxygen atoms in total. The molecule has 0 radical (unpaired) electrons. The molecule has 146 valence electrons. The quantitative estimate of drug-likeness (QED) is 0.806. The van der Waals surface area contributed by atoms with Gasteiger partial charge in [-0.25, -0.2) is 0 Å². The van der Waals surface area contributed by atoms with Gasteiger partial charge in [-0.3, -0.25) is 14.4 Å². The third-order valence-electron chi connectivity index (χ3n) is 4.54. The van der Waals surface area contributed by atoms with Gasteiger partial charge in [0.15, 0.2) is 5.78 Å². The number of anilines is 2. The molecule has 0 aliphatic carbocycles.